The maximum absolute atomic E-state index is 11.1. The topological polar surface area (TPSA) is 71.9 Å². The zero-order chi connectivity index (χ0) is 17.1. The monoisotopic (exact) mass is 328 g/mol. The van der Waals surface area contributed by atoms with Crippen LogP contribution < -0.4 is 14.4 Å². The fourth-order valence-electron chi connectivity index (χ4n) is 3.10. The number of aromatic carboxylic acids is 1. The van der Waals surface area contributed by atoms with Crippen LogP contribution in [0.25, 0.3) is 0 Å². The lowest BCUT2D eigenvalue weighted by Gasteiger charge is -2.19. The molecule has 0 spiro atoms. The molecule has 1 aromatic carbocycles. The van der Waals surface area contributed by atoms with Crippen LogP contribution in [-0.4, -0.2) is 43.4 Å². The normalized spacial score (nSPS) is 16.9. The second kappa shape index (κ2) is 6.78. The third-order valence-corrected chi connectivity index (χ3v) is 4.34. The van der Waals surface area contributed by atoms with Crippen LogP contribution in [0, 0.1) is 0 Å². The van der Waals surface area contributed by atoms with Gasteiger partial charge in [0.15, 0.2) is 5.69 Å². The molecule has 1 fully saturated rings. The van der Waals surface area contributed by atoms with Gasteiger partial charge in [-0.1, -0.05) is 6.07 Å². The molecule has 1 aliphatic heterocycles. The Morgan fingerprint density at radius 2 is 2.08 bits per heavy atom. The molecule has 1 N–H and O–H groups in total. The van der Waals surface area contributed by atoms with E-state index in [1.807, 2.05) is 24.3 Å². The Labute approximate surface area is 140 Å². The van der Waals surface area contributed by atoms with Crippen molar-refractivity contribution in [2.45, 2.75) is 12.3 Å². The van der Waals surface area contributed by atoms with Gasteiger partial charge in [-0.25, -0.2) is 9.78 Å². The molecular weight excluding hydrogens is 308 g/mol. The molecule has 3 rings (SSSR count). The minimum Gasteiger partial charge on any atom is -0.497 e. The first kappa shape index (κ1) is 16.1. The van der Waals surface area contributed by atoms with Crippen molar-refractivity contribution in [3.05, 3.63) is 47.7 Å². The zero-order valence-corrected chi connectivity index (χ0v) is 13.7. The van der Waals surface area contributed by atoms with Gasteiger partial charge < -0.3 is 19.5 Å². The molecule has 1 aromatic heterocycles. The van der Waals surface area contributed by atoms with Crippen LogP contribution in [0.3, 0.4) is 0 Å². The van der Waals surface area contributed by atoms with Crippen molar-refractivity contribution in [3.8, 4) is 11.5 Å². The highest BCUT2D eigenvalue weighted by molar-refractivity contribution is 5.85. The molecule has 6 nitrogen and oxygen atoms in total. The van der Waals surface area contributed by atoms with Gasteiger partial charge in [0.2, 0.25) is 0 Å². The lowest BCUT2D eigenvalue weighted by atomic mass is 9.97. The number of carbonyl (C=O) groups is 1. The van der Waals surface area contributed by atoms with Crippen LogP contribution in [-0.2, 0) is 0 Å². The van der Waals surface area contributed by atoms with Gasteiger partial charge in [-0.2, -0.15) is 0 Å². The smallest absolute Gasteiger partial charge is 0.354 e. The van der Waals surface area contributed by atoms with Crippen LogP contribution in [0.2, 0.25) is 0 Å². The minimum atomic E-state index is -1.01. The zero-order valence-electron chi connectivity index (χ0n) is 13.7. The molecule has 2 aromatic rings. The standard InChI is InChI=1S/C18H20N2O4/c1-23-13-6-7-16(24-2)14(10-13)12-8-9-20(11-12)17-5-3-4-15(19-17)18(21)22/h3-7,10,12H,8-9,11H2,1-2H3,(H,21,22)/t12-/m1/s1. The quantitative estimate of drug-likeness (QED) is 0.910. The average molecular weight is 328 g/mol. The van der Waals surface area contributed by atoms with E-state index in [0.29, 0.717) is 5.82 Å². The van der Waals surface area contributed by atoms with Crippen LogP contribution in [0.4, 0.5) is 5.82 Å². The van der Waals surface area contributed by atoms with E-state index in [1.54, 1.807) is 20.3 Å². The molecule has 0 amide bonds. The van der Waals surface area contributed by atoms with E-state index in [1.165, 1.54) is 6.07 Å². The molecule has 1 atom stereocenters. The summed E-state index contributed by atoms with van der Waals surface area (Å²) in [6, 6.07) is 10.9. The van der Waals surface area contributed by atoms with Gasteiger partial charge >= 0.3 is 5.97 Å². The van der Waals surface area contributed by atoms with Crippen molar-refractivity contribution < 1.29 is 19.4 Å². The highest BCUT2D eigenvalue weighted by atomic mass is 16.5. The highest BCUT2D eigenvalue weighted by Gasteiger charge is 2.27. The maximum Gasteiger partial charge on any atom is 0.354 e. The first-order chi connectivity index (χ1) is 11.6. The number of hydrogen-bond acceptors (Lipinski definition) is 5. The van der Waals surface area contributed by atoms with Crippen molar-refractivity contribution >= 4 is 11.8 Å². The Morgan fingerprint density at radius 3 is 2.79 bits per heavy atom. The largest absolute Gasteiger partial charge is 0.497 e. The lowest BCUT2D eigenvalue weighted by Crippen LogP contribution is -2.21. The predicted molar refractivity (Wildman–Crippen MR) is 90.3 cm³/mol. The molecule has 0 radical (unpaired) electrons. The van der Waals surface area contributed by atoms with Gasteiger partial charge in [0.1, 0.15) is 17.3 Å². The molecule has 6 heteroatoms. The molecule has 0 bridgehead atoms. The number of ether oxygens (including phenoxy) is 2. The molecular formula is C18H20N2O4. The predicted octanol–water partition coefficient (Wildman–Crippen LogP) is 2.79. The van der Waals surface area contributed by atoms with Crippen molar-refractivity contribution in [3.63, 3.8) is 0 Å². The number of carboxylic acid groups (broad SMARTS) is 1. The third kappa shape index (κ3) is 3.13. The molecule has 0 unspecified atom stereocenters. The van der Waals surface area contributed by atoms with Gasteiger partial charge in [-0.3, -0.25) is 0 Å². The summed E-state index contributed by atoms with van der Waals surface area (Å²) in [6.07, 6.45) is 0.947. The Kier molecular flexibility index (Phi) is 4.55. The molecule has 0 aliphatic carbocycles. The van der Waals surface area contributed by atoms with Crippen molar-refractivity contribution in [1.29, 1.82) is 0 Å². The van der Waals surface area contributed by atoms with E-state index < -0.39 is 5.97 Å². The van der Waals surface area contributed by atoms with Crippen molar-refractivity contribution in [2.24, 2.45) is 0 Å². The number of hydrogen-bond donors (Lipinski definition) is 1. The number of benzene rings is 1. The molecule has 0 saturated carbocycles. The first-order valence-corrected chi connectivity index (χ1v) is 7.79. The summed E-state index contributed by atoms with van der Waals surface area (Å²) in [5.74, 6) is 1.61. The number of aromatic nitrogens is 1. The summed E-state index contributed by atoms with van der Waals surface area (Å²) in [7, 11) is 3.31. The first-order valence-electron chi connectivity index (χ1n) is 7.79. The van der Waals surface area contributed by atoms with E-state index in [9.17, 15) is 4.79 Å². The molecule has 126 valence electrons. The Bertz CT molecular complexity index is 748. The third-order valence-electron chi connectivity index (χ3n) is 4.34. The van der Waals surface area contributed by atoms with Gasteiger partial charge in [0, 0.05) is 24.6 Å². The summed E-state index contributed by atoms with van der Waals surface area (Å²) in [5.41, 5.74) is 1.17. The van der Waals surface area contributed by atoms with E-state index in [-0.39, 0.29) is 11.6 Å². The van der Waals surface area contributed by atoms with E-state index in [4.69, 9.17) is 14.6 Å². The summed E-state index contributed by atoms with van der Waals surface area (Å²) < 4.78 is 10.8. The highest BCUT2D eigenvalue weighted by Crippen LogP contribution is 2.37. The molecule has 2 heterocycles. The van der Waals surface area contributed by atoms with Gasteiger partial charge in [-0.15, -0.1) is 0 Å². The number of nitrogens with zero attached hydrogens (tertiary/aromatic N) is 2. The second-order valence-corrected chi connectivity index (χ2v) is 5.73. The minimum absolute atomic E-state index is 0.0647. The van der Waals surface area contributed by atoms with Crippen LogP contribution in [0.1, 0.15) is 28.4 Å². The average Bonchev–Trinajstić information content (AvgIpc) is 3.11. The number of pyridine rings is 1. The van der Waals surface area contributed by atoms with E-state index in [2.05, 4.69) is 9.88 Å². The van der Waals surface area contributed by atoms with Gasteiger partial charge in [0.05, 0.1) is 14.2 Å². The maximum atomic E-state index is 11.1. The fraction of sp³-hybridized carbons (Fsp3) is 0.333. The number of anilines is 1. The van der Waals surface area contributed by atoms with E-state index >= 15 is 0 Å². The SMILES string of the molecule is COc1ccc(OC)c([C@@H]2CCN(c3cccc(C(=O)O)n3)C2)c1. The van der Waals surface area contributed by atoms with Crippen LogP contribution >= 0.6 is 0 Å². The Morgan fingerprint density at radius 1 is 1.25 bits per heavy atom. The number of carboxylic acids is 1. The van der Waals surface area contributed by atoms with E-state index in [0.717, 1.165) is 36.6 Å². The second-order valence-electron chi connectivity index (χ2n) is 5.73. The molecule has 1 saturated heterocycles. The Hall–Kier alpha value is -2.76. The number of rotatable bonds is 5. The summed E-state index contributed by atoms with van der Waals surface area (Å²) >= 11 is 0. The van der Waals surface area contributed by atoms with Crippen molar-refractivity contribution in [1.82, 2.24) is 4.98 Å². The summed E-state index contributed by atoms with van der Waals surface area (Å²) in [5, 5.41) is 9.10. The summed E-state index contributed by atoms with van der Waals surface area (Å²) in [6.45, 7) is 1.58. The van der Waals surface area contributed by atoms with Crippen LogP contribution in [0.15, 0.2) is 36.4 Å². The van der Waals surface area contributed by atoms with Gasteiger partial charge in [-0.05, 0) is 36.8 Å². The fourth-order valence-corrected chi connectivity index (χ4v) is 3.10. The Balaban J connectivity index is 1.83. The molecule has 24 heavy (non-hydrogen) atoms. The number of methoxy groups -OCH3 is 2. The molecule has 1 aliphatic rings. The van der Waals surface area contributed by atoms with Crippen LogP contribution in [0.5, 0.6) is 11.5 Å². The van der Waals surface area contributed by atoms with Crippen molar-refractivity contribution in [2.75, 3.05) is 32.2 Å². The lowest BCUT2D eigenvalue weighted by molar-refractivity contribution is 0.0690. The van der Waals surface area contributed by atoms with Gasteiger partial charge in [0.25, 0.3) is 0 Å². The summed E-state index contributed by atoms with van der Waals surface area (Å²) in [4.78, 5) is 17.4.